The van der Waals surface area contributed by atoms with Crippen LogP contribution in [-0.2, 0) is 14.8 Å². The van der Waals surface area contributed by atoms with Crippen LogP contribution in [0.15, 0.2) is 65.6 Å². The van der Waals surface area contributed by atoms with E-state index in [-0.39, 0.29) is 23.3 Å². The van der Waals surface area contributed by atoms with Crippen molar-refractivity contribution in [2.45, 2.75) is 17.7 Å². The summed E-state index contributed by atoms with van der Waals surface area (Å²) in [6, 6.07) is 17.5. The molecule has 30 heavy (non-hydrogen) atoms. The molecule has 0 spiro atoms. The summed E-state index contributed by atoms with van der Waals surface area (Å²) in [4.78, 5) is 12.5. The van der Waals surface area contributed by atoms with Gasteiger partial charge in [-0.05, 0) is 59.7 Å². The first-order valence-electron chi connectivity index (χ1n) is 9.39. The van der Waals surface area contributed by atoms with E-state index in [0.717, 1.165) is 22.1 Å². The fraction of sp³-hybridized carbons (Fsp3) is 0.227. The number of primary sulfonamides is 1. The predicted octanol–water partition coefficient (Wildman–Crippen LogP) is 2.79. The first kappa shape index (κ1) is 21.6. The first-order chi connectivity index (χ1) is 14.3. The smallest absolute Gasteiger partial charge is 0.238 e. The van der Waals surface area contributed by atoms with Crippen molar-refractivity contribution in [1.82, 2.24) is 5.32 Å². The van der Waals surface area contributed by atoms with Gasteiger partial charge in [-0.15, -0.1) is 0 Å². The number of rotatable bonds is 8. The molecule has 0 bridgehead atoms. The largest absolute Gasteiger partial charge is 0.497 e. The number of methoxy groups -OCH3 is 1. The van der Waals surface area contributed by atoms with Gasteiger partial charge in [-0.2, -0.15) is 0 Å². The monoisotopic (exact) mass is 428 g/mol. The maximum atomic E-state index is 12.5. The number of nitrogens with two attached hydrogens (primary N) is 1. The van der Waals surface area contributed by atoms with E-state index in [1.807, 2.05) is 43.3 Å². The summed E-state index contributed by atoms with van der Waals surface area (Å²) in [6.07, 6.45) is 0. The summed E-state index contributed by atoms with van der Waals surface area (Å²) in [5.74, 6) is 0.872. The van der Waals surface area contributed by atoms with Crippen molar-refractivity contribution < 1.29 is 22.7 Å². The topological polar surface area (TPSA) is 108 Å². The molecule has 158 valence electrons. The molecule has 3 rings (SSSR count). The Morgan fingerprint density at radius 1 is 1.00 bits per heavy atom. The quantitative estimate of drug-likeness (QED) is 0.537. The number of fused-ring (bicyclic) bond motifs is 1. The van der Waals surface area contributed by atoms with Gasteiger partial charge in [-0.1, -0.05) is 24.3 Å². The van der Waals surface area contributed by atoms with Gasteiger partial charge in [0.1, 0.15) is 18.1 Å². The Morgan fingerprint density at radius 3 is 2.30 bits per heavy atom. The van der Waals surface area contributed by atoms with Crippen LogP contribution < -0.4 is 19.9 Å². The number of benzene rings is 3. The highest BCUT2D eigenvalue weighted by atomic mass is 32.2. The summed E-state index contributed by atoms with van der Waals surface area (Å²) in [7, 11) is -2.10. The van der Waals surface area contributed by atoms with Crippen LogP contribution in [0.25, 0.3) is 10.8 Å². The first-order valence-corrected chi connectivity index (χ1v) is 10.9. The van der Waals surface area contributed by atoms with Gasteiger partial charge in [0.05, 0.1) is 24.5 Å². The Balaban J connectivity index is 1.52. The van der Waals surface area contributed by atoms with Crippen molar-refractivity contribution in [1.29, 1.82) is 0 Å². The maximum absolute atomic E-state index is 12.5. The molecule has 1 amide bonds. The van der Waals surface area contributed by atoms with Gasteiger partial charge in [0.2, 0.25) is 15.9 Å². The summed E-state index contributed by atoms with van der Waals surface area (Å²) in [5, 5.41) is 10.0. The van der Waals surface area contributed by atoms with Crippen LogP contribution in [0.3, 0.4) is 0 Å². The molecule has 0 aromatic heterocycles. The lowest BCUT2D eigenvalue weighted by atomic mass is 9.97. The van der Waals surface area contributed by atoms with E-state index in [1.54, 1.807) is 7.11 Å². The summed E-state index contributed by atoms with van der Waals surface area (Å²) >= 11 is 0. The molecule has 0 heterocycles. The van der Waals surface area contributed by atoms with Crippen molar-refractivity contribution in [3.63, 3.8) is 0 Å². The van der Waals surface area contributed by atoms with Gasteiger partial charge >= 0.3 is 0 Å². The number of hydrogen-bond acceptors (Lipinski definition) is 5. The molecule has 7 nitrogen and oxygen atoms in total. The number of hydrogen-bond donors (Lipinski definition) is 2. The number of amides is 1. The molecule has 3 aromatic carbocycles. The minimum Gasteiger partial charge on any atom is -0.497 e. The van der Waals surface area contributed by atoms with Gasteiger partial charge in [0.25, 0.3) is 0 Å². The van der Waals surface area contributed by atoms with Gasteiger partial charge in [-0.3, -0.25) is 4.79 Å². The van der Waals surface area contributed by atoms with Crippen molar-refractivity contribution in [2.24, 2.45) is 5.14 Å². The van der Waals surface area contributed by atoms with Crippen molar-refractivity contribution in [2.75, 3.05) is 20.3 Å². The lowest BCUT2D eigenvalue weighted by Gasteiger charge is -2.14. The number of sulfonamides is 1. The fourth-order valence-corrected chi connectivity index (χ4v) is 3.53. The second-order valence-electron chi connectivity index (χ2n) is 6.85. The van der Waals surface area contributed by atoms with Crippen LogP contribution in [0.5, 0.6) is 11.5 Å². The van der Waals surface area contributed by atoms with Gasteiger partial charge < -0.3 is 14.8 Å². The average Bonchev–Trinajstić information content (AvgIpc) is 2.75. The third-order valence-electron chi connectivity index (χ3n) is 4.79. The van der Waals surface area contributed by atoms with E-state index >= 15 is 0 Å². The van der Waals surface area contributed by atoms with Crippen LogP contribution in [0, 0.1) is 0 Å². The van der Waals surface area contributed by atoms with E-state index in [4.69, 9.17) is 14.6 Å². The molecular weight excluding hydrogens is 404 g/mol. The highest BCUT2D eigenvalue weighted by Crippen LogP contribution is 2.25. The molecule has 0 saturated carbocycles. The molecule has 0 fully saturated rings. The molecule has 0 aliphatic heterocycles. The third kappa shape index (κ3) is 5.28. The van der Waals surface area contributed by atoms with Crippen LogP contribution in [0.2, 0.25) is 0 Å². The highest BCUT2D eigenvalue weighted by Gasteiger charge is 2.15. The molecule has 1 unspecified atom stereocenters. The Bertz CT molecular complexity index is 1140. The Hall–Kier alpha value is -3.10. The zero-order valence-corrected chi connectivity index (χ0v) is 17.6. The van der Waals surface area contributed by atoms with E-state index < -0.39 is 10.0 Å². The van der Waals surface area contributed by atoms with Gasteiger partial charge in [0.15, 0.2) is 0 Å². The van der Waals surface area contributed by atoms with Crippen LogP contribution in [0.4, 0.5) is 0 Å². The van der Waals surface area contributed by atoms with E-state index in [2.05, 4.69) is 5.32 Å². The van der Waals surface area contributed by atoms with E-state index in [9.17, 15) is 13.2 Å². The minimum absolute atomic E-state index is 0.0193. The fourth-order valence-electron chi connectivity index (χ4n) is 3.01. The molecule has 3 aromatic rings. The molecular formula is C22H24N2O5S. The van der Waals surface area contributed by atoms with Gasteiger partial charge in [0, 0.05) is 0 Å². The van der Waals surface area contributed by atoms with Crippen molar-refractivity contribution in [3.05, 3.63) is 66.2 Å². The molecule has 0 aliphatic carbocycles. The third-order valence-corrected chi connectivity index (χ3v) is 5.72. The average molecular weight is 429 g/mol. The van der Waals surface area contributed by atoms with E-state index in [0.29, 0.717) is 12.3 Å². The minimum atomic E-state index is -3.73. The zero-order valence-electron chi connectivity index (χ0n) is 16.8. The molecule has 1 atom stereocenters. The lowest BCUT2D eigenvalue weighted by molar-refractivity contribution is -0.122. The number of carbonyl (C=O) groups is 1. The van der Waals surface area contributed by atoms with Gasteiger partial charge in [-0.25, -0.2) is 13.6 Å². The van der Waals surface area contributed by atoms with Crippen LogP contribution >= 0.6 is 0 Å². The van der Waals surface area contributed by atoms with Crippen molar-refractivity contribution >= 4 is 26.7 Å². The normalized spacial score (nSPS) is 12.4. The second-order valence-corrected chi connectivity index (χ2v) is 8.41. The zero-order chi connectivity index (χ0) is 21.7. The molecule has 3 N–H and O–H groups in total. The second kappa shape index (κ2) is 9.15. The SMILES string of the molecule is COc1ccc2cc(C(C)C(=O)NCCOc3ccc(S(N)(=O)=O)cc3)ccc2c1. The predicted molar refractivity (Wildman–Crippen MR) is 115 cm³/mol. The number of carbonyl (C=O) groups excluding carboxylic acids is 1. The maximum Gasteiger partial charge on any atom is 0.238 e. The lowest BCUT2D eigenvalue weighted by Crippen LogP contribution is -2.31. The molecule has 0 aliphatic rings. The van der Waals surface area contributed by atoms with Crippen LogP contribution in [-0.4, -0.2) is 34.6 Å². The Kier molecular flexibility index (Phi) is 6.59. The summed E-state index contributed by atoms with van der Waals surface area (Å²) < 4.78 is 33.3. The number of ether oxygens (including phenoxy) is 2. The van der Waals surface area contributed by atoms with Crippen molar-refractivity contribution in [3.8, 4) is 11.5 Å². The molecule has 8 heteroatoms. The Labute approximate surface area is 175 Å². The Morgan fingerprint density at radius 2 is 1.63 bits per heavy atom. The summed E-state index contributed by atoms with van der Waals surface area (Å²) in [5.41, 5.74) is 0.921. The number of nitrogens with one attached hydrogen (secondary N) is 1. The highest BCUT2D eigenvalue weighted by molar-refractivity contribution is 7.89. The van der Waals surface area contributed by atoms with Crippen LogP contribution in [0.1, 0.15) is 18.4 Å². The molecule has 0 saturated heterocycles. The molecule has 0 radical (unpaired) electrons. The van der Waals surface area contributed by atoms with E-state index in [1.165, 1.54) is 24.3 Å². The standard InChI is InChI=1S/C22H24N2O5S/c1-15(16-3-4-18-14-20(28-2)6-5-17(18)13-16)22(25)24-11-12-29-19-7-9-21(10-8-19)30(23,26)27/h3-10,13-15H,11-12H2,1-2H3,(H,24,25)(H2,23,26,27). The summed E-state index contributed by atoms with van der Waals surface area (Å²) in [6.45, 7) is 2.43.